The Kier molecular flexibility index (Phi) is 10.8. The molecule has 0 unspecified atom stereocenters. The molecule has 6 nitrogen and oxygen atoms in total. The second kappa shape index (κ2) is 10.8. The first-order valence-corrected chi connectivity index (χ1v) is 7.77. The molecule has 2 atom stereocenters. The molecule has 4 rings (SSSR count). The van der Waals surface area contributed by atoms with E-state index in [1.165, 1.54) is 39.0 Å². The third-order valence-corrected chi connectivity index (χ3v) is 4.74. The van der Waals surface area contributed by atoms with Gasteiger partial charge in [-0.2, -0.15) is 0 Å². The van der Waals surface area contributed by atoms with Gasteiger partial charge in [-0.05, 0) is 32.2 Å². The van der Waals surface area contributed by atoms with Crippen molar-refractivity contribution in [1.29, 1.82) is 0 Å². The number of fused-ring (bicyclic) bond motifs is 2. The number of amides is 2. The van der Waals surface area contributed by atoms with Crippen LogP contribution in [0.1, 0.15) is 34.5 Å². The molecule has 0 saturated carbocycles. The topological polar surface area (TPSA) is 64.7 Å². The van der Waals surface area contributed by atoms with Crippen LogP contribution in [0.4, 0.5) is 0 Å². The first-order valence-electron chi connectivity index (χ1n) is 7.77. The number of carbonyl (C=O) groups is 2. The Bertz CT molecular complexity index is 372. The normalized spacial score (nSPS) is 28.8. The van der Waals surface area contributed by atoms with E-state index < -0.39 is 0 Å². The SMILES string of the molecule is C.C1C[C@H]2CNCCN2C1.O=C1NCC(=O)N2CCC[C@@H]12.[AlH3].[H-].[Li+]. The molecule has 0 aromatic carbocycles. The number of carbonyl (C=O) groups excluding carboxylic acids is 2. The van der Waals surface area contributed by atoms with Gasteiger partial charge in [-0.3, -0.25) is 14.5 Å². The molecule has 0 bridgehead atoms. The molecule has 2 N–H and O–H groups in total. The summed E-state index contributed by atoms with van der Waals surface area (Å²) in [5, 5.41) is 5.99. The van der Waals surface area contributed by atoms with E-state index >= 15 is 0 Å². The molecule has 4 aliphatic rings. The second-order valence-corrected chi connectivity index (χ2v) is 6.00. The van der Waals surface area contributed by atoms with Crippen LogP contribution < -0.4 is 29.5 Å². The summed E-state index contributed by atoms with van der Waals surface area (Å²) in [5.74, 6) is 0.0780. The fourth-order valence-corrected chi connectivity index (χ4v) is 3.63. The van der Waals surface area contributed by atoms with Gasteiger partial charge in [0.05, 0.1) is 6.54 Å². The summed E-state index contributed by atoms with van der Waals surface area (Å²) in [6.07, 6.45) is 4.64. The quantitative estimate of drug-likeness (QED) is 0.440. The molecule has 4 fully saturated rings. The molecule has 0 spiro atoms. The molecule has 4 aliphatic heterocycles. The Hall–Kier alpha value is -0.0101. The largest absolute Gasteiger partial charge is 1.00 e. The Morgan fingerprint density at radius 3 is 2.52 bits per heavy atom. The van der Waals surface area contributed by atoms with Crippen molar-refractivity contribution in [2.75, 3.05) is 39.3 Å². The van der Waals surface area contributed by atoms with Gasteiger partial charge in [-0.1, -0.05) is 7.43 Å². The average molecular weight is 334 g/mol. The van der Waals surface area contributed by atoms with Gasteiger partial charge in [0.2, 0.25) is 11.8 Å². The average Bonchev–Trinajstić information content (AvgIpc) is 3.12. The van der Waals surface area contributed by atoms with E-state index in [-0.39, 0.29) is 69.5 Å². The van der Waals surface area contributed by atoms with Gasteiger partial charge in [0.1, 0.15) is 6.04 Å². The summed E-state index contributed by atoms with van der Waals surface area (Å²) < 4.78 is 0. The second-order valence-electron chi connectivity index (χ2n) is 6.00. The first-order chi connectivity index (χ1) is 9.75. The van der Waals surface area contributed by atoms with E-state index in [0.29, 0.717) is 0 Å². The van der Waals surface area contributed by atoms with Gasteiger partial charge in [0, 0.05) is 32.2 Å². The van der Waals surface area contributed by atoms with Crippen molar-refractivity contribution in [3.05, 3.63) is 0 Å². The molecule has 0 radical (unpaired) electrons. The Labute approximate surface area is 163 Å². The van der Waals surface area contributed by atoms with Crippen LogP contribution >= 0.6 is 0 Å². The third kappa shape index (κ3) is 5.49. The smallest absolute Gasteiger partial charge is 1.00 e. The summed E-state index contributed by atoms with van der Waals surface area (Å²) in [4.78, 5) is 26.5. The number of hydrogen-bond donors (Lipinski definition) is 2. The van der Waals surface area contributed by atoms with E-state index in [2.05, 4.69) is 15.5 Å². The molecular formula is C15H32AlLiN4O2. The monoisotopic (exact) mass is 334 g/mol. The van der Waals surface area contributed by atoms with Crippen molar-refractivity contribution in [3.63, 3.8) is 0 Å². The fraction of sp³-hybridized carbons (Fsp3) is 0.867. The van der Waals surface area contributed by atoms with E-state index in [1.54, 1.807) is 4.90 Å². The van der Waals surface area contributed by atoms with E-state index in [4.69, 9.17) is 0 Å². The third-order valence-electron chi connectivity index (χ3n) is 4.74. The maximum absolute atomic E-state index is 11.1. The van der Waals surface area contributed by atoms with E-state index in [9.17, 15) is 9.59 Å². The number of rotatable bonds is 0. The molecule has 128 valence electrons. The van der Waals surface area contributed by atoms with Gasteiger partial charge >= 0.3 is 18.9 Å². The maximum Gasteiger partial charge on any atom is 1.00 e. The van der Waals surface area contributed by atoms with E-state index in [1.807, 2.05) is 0 Å². The van der Waals surface area contributed by atoms with Crippen LogP contribution in [0.5, 0.6) is 0 Å². The summed E-state index contributed by atoms with van der Waals surface area (Å²) in [5.41, 5.74) is 0. The van der Waals surface area contributed by atoms with Crippen LogP contribution in [0.25, 0.3) is 0 Å². The predicted octanol–water partition coefficient (Wildman–Crippen LogP) is -4.27. The number of nitrogens with one attached hydrogen (secondary N) is 2. The zero-order valence-corrected chi connectivity index (χ0v) is 12.9. The molecule has 0 aromatic rings. The first kappa shape index (κ1) is 23.0. The van der Waals surface area contributed by atoms with Crippen molar-refractivity contribution in [3.8, 4) is 0 Å². The van der Waals surface area contributed by atoms with Crippen LogP contribution in [0, 0.1) is 0 Å². The maximum atomic E-state index is 11.1. The molecule has 8 heteroatoms. The van der Waals surface area contributed by atoms with Gasteiger partial charge in [0.15, 0.2) is 17.4 Å². The van der Waals surface area contributed by atoms with Gasteiger partial charge in [0.25, 0.3) is 0 Å². The zero-order valence-electron chi connectivity index (χ0n) is 13.9. The Balaban J connectivity index is 0. The van der Waals surface area contributed by atoms with Crippen LogP contribution in [0.15, 0.2) is 0 Å². The minimum Gasteiger partial charge on any atom is -1.00 e. The Morgan fingerprint density at radius 2 is 1.83 bits per heavy atom. The van der Waals surface area contributed by atoms with Crippen LogP contribution in [-0.4, -0.2) is 90.3 Å². The number of hydrogen-bond acceptors (Lipinski definition) is 4. The van der Waals surface area contributed by atoms with Crippen LogP contribution in [0.2, 0.25) is 0 Å². The van der Waals surface area contributed by atoms with Crippen molar-refractivity contribution in [1.82, 2.24) is 20.4 Å². The standard InChI is InChI=1S/C7H10N2O2.C7H14N2.CH4.Al.Li.4H/c10-6-4-8-7(11)5-2-1-3-9(5)6;1-2-7-6-8-3-5-9(7)4-1;;;;;;;/h5H,1-4H2,(H,8,11);7-8H,1-6H2;1H4;;;;;;/q;;;;+1;;;;-1/t5-;7-;;;;;;;/m00......./s1. The molecular weight excluding hydrogens is 302 g/mol. The molecule has 4 saturated heterocycles. The Morgan fingerprint density at radius 1 is 1.09 bits per heavy atom. The van der Waals surface area contributed by atoms with Crippen molar-refractivity contribution < 1.29 is 29.9 Å². The van der Waals surface area contributed by atoms with Crippen molar-refractivity contribution >= 4 is 29.2 Å². The molecule has 2 amide bonds. The summed E-state index contributed by atoms with van der Waals surface area (Å²) >= 11 is 0. The van der Waals surface area contributed by atoms with Gasteiger partial charge in [-0.25, -0.2) is 0 Å². The van der Waals surface area contributed by atoms with Crippen LogP contribution in [-0.2, 0) is 9.59 Å². The van der Waals surface area contributed by atoms with Crippen molar-refractivity contribution in [2.45, 2.75) is 45.2 Å². The van der Waals surface area contributed by atoms with Gasteiger partial charge < -0.3 is 17.0 Å². The summed E-state index contributed by atoms with van der Waals surface area (Å²) in [6, 6.07) is 0.731. The van der Waals surface area contributed by atoms with E-state index in [0.717, 1.165) is 25.4 Å². The van der Waals surface area contributed by atoms with Crippen LogP contribution in [0.3, 0.4) is 0 Å². The molecule has 4 heterocycles. The fourth-order valence-electron chi connectivity index (χ4n) is 3.63. The van der Waals surface area contributed by atoms with Gasteiger partial charge in [-0.15, -0.1) is 0 Å². The molecule has 23 heavy (non-hydrogen) atoms. The number of piperazine rings is 2. The molecule has 0 aromatic heterocycles. The summed E-state index contributed by atoms with van der Waals surface area (Å²) in [7, 11) is 0. The zero-order chi connectivity index (χ0) is 13.9. The number of nitrogens with zero attached hydrogens (tertiary/aromatic N) is 2. The molecule has 0 aliphatic carbocycles. The minimum atomic E-state index is -0.156. The van der Waals surface area contributed by atoms with Crippen molar-refractivity contribution in [2.24, 2.45) is 0 Å². The predicted molar refractivity (Wildman–Crippen MR) is 93.0 cm³/mol. The summed E-state index contributed by atoms with van der Waals surface area (Å²) in [6.45, 7) is 6.03. The minimum absolute atomic E-state index is 0.